The minimum Gasteiger partial charge on any atom is -0.491 e. The summed E-state index contributed by atoms with van der Waals surface area (Å²) in [5.74, 6) is 3.40. The first-order valence-corrected chi connectivity index (χ1v) is 8.35. The molecule has 0 aliphatic carbocycles. The average Bonchev–Trinajstić information content (AvgIpc) is 2.89. The van der Waals surface area contributed by atoms with Crippen molar-refractivity contribution in [2.75, 3.05) is 13.2 Å². The fourth-order valence-corrected chi connectivity index (χ4v) is 3.07. The molecule has 0 atom stereocenters. The molecule has 24 heavy (non-hydrogen) atoms. The molecule has 0 saturated carbocycles. The predicted molar refractivity (Wildman–Crippen MR) is 90.3 cm³/mol. The van der Waals surface area contributed by atoms with Crippen LogP contribution < -0.4 is 14.2 Å². The van der Waals surface area contributed by atoms with Gasteiger partial charge in [0.05, 0.1) is 4.90 Å². The zero-order valence-corrected chi connectivity index (χ0v) is 13.8. The quantitative estimate of drug-likeness (QED) is 0.726. The van der Waals surface area contributed by atoms with E-state index in [1.807, 2.05) is 42.5 Å². The van der Waals surface area contributed by atoms with Gasteiger partial charge in [0.1, 0.15) is 23.9 Å². The number of ether oxygens (including phenoxy) is 2. The number of benzene rings is 2. The number of fused-ring (bicyclic) bond motifs is 1. The Morgan fingerprint density at radius 1 is 1.17 bits per heavy atom. The van der Waals surface area contributed by atoms with Gasteiger partial charge in [-0.2, -0.15) is 4.98 Å². The van der Waals surface area contributed by atoms with Crippen molar-refractivity contribution in [2.45, 2.75) is 11.8 Å². The van der Waals surface area contributed by atoms with Gasteiger partial charge in [-0.1, -0.05) is 11.2 Å². The van der Waals surface area contributed by atoms with Gasteiger partial charge in [0, 0.05) is 12.1 Å². The van der Waals surface area contributed by atoms with Crippen LogP contribution in [-0.4, -0.2) is 23.3 Å². The fraction of sp³-hybridized carbons (Fsp3) is 0.176. The monoisotopic (exact) mass is 341 g/mol. The Kier molecular flexibility index (Phi) is 4.10. The molecule has 1 aliphatic rings. The second-order valence-corrected chi connectivity index (χ2v) is 6.16. The van der Waals surface area contributed by atoms with Crippen LogP contribution in [0.3, 0.4) is 0 Å². The predicted octanol–water partition coefficient (Wildman–Crippen LogP) is 3.83. The average molecular weight is 341 g/mol. The number of aromatic nitrogens is 2. The first-order valence-electron chi connectivity index (χ1n) is 7.53. The Hall–Kier alpha value is -2.51. The summed E-state index contributed by atoms with van der Waals surface area (Å²) in [5, 5.41) is 3.81. The molecular weight excluding hydrogens is 326 g/mol. The van der Waals surface area contributed by atoms with Gasteiger partial charge in [-0.05, 0) is 55.3 Å². The number of rotatable bonds is 3. The Balaban J connectivity index is 1.58. The molecule has 0 amide bonds. The third-order valence-electron chi connectivity index (χ3n) is 3.40. The molecule has 0 fully saturated rings. The van der Waals surface area contributed by atoms with E-state index in [4.69, 9.17) is 14.0 Å². The maximum atomic E-state index is 5.97. The van der Waals surface area contributed by atoms with Gasteiger partial charge >= 0.3 is 0 Å². The highest BCUT2D eigenvalue weighted by molar-refractivity contribution is 7.97. The van der Waals surface area contributed by atoms with E-state index in [9.17, 15) is 0 Å². The van der Waals surface area contributed by atoms with Crippen molar-refractivity contribution < 1.29 is 14.0 Å². The van der Waals surface area contributed by atoms with Crippen molar-refractivity contribution in [2.24, 2.45) is 0 Å². The smallest absolute Gasteiger partial charge is 0.258 e. The molecule has 0 unspecified atom stereocenters. The molecule has 0 bridgehead atoms. The van der Waals surface area contributed by atoms with Crippen LogP contribution in [0.5, 0.6) is 17.2 Å². The van der Waals surface area contributed by atoms with Crippen molar-refractivity contribution in [3.8, 4) is 28.7 Å². The maximum Gasteiger partial charge on any atom is 0.258 e. The molecule has 1 N–H and O–H groups in total. The third kappa shape index (κ3) is 3.22. The summed E-state index contributed by atoms with van der Waals surface area (Å²) in [7, 11) is 0. The van der Waals surface area contributed by atoms with E-state index < -0.39 is 0 Å². The van der Waals surface area contributed by atoms with Crippen LogP contribution in [0.2, 0.25) is 0 Å². The number of nitrogens with one attached hydrogen (secondary N) is 1. The van der Waals surface area contributed by atoms with E-state index in [2.05, 4.69) is 14.9 Å². The van der Waals surface area contributed by atoms with Gasteiger partial charge in [0.2, 0.25) is 0 Å². The van der Waals surface area contributed by atoms with Crippen molar-refractivity contribution in [1.29, 1.82) is 0 Å². The molecule has 7 heteroatoms. The summed E-state index contributed by atoms with van der Waals surface area (Å²) < 4.78 is 20.1. The van der Waals surface area contributed by atoms with E-state index in [-0.39, 0.29) is 0 Å². The number of aryl methyl sites for hydroxylation is 1. The van der Waals surface area contributed by atoms with Crippen molar-refractivity contribution in [3.05, 3.63) is 48.3 Å². The first kappa shape index (κ1) is 15.0. The third-order valence-corrected chi connectivity index (χ3v) is 4.29. The largest absolute Gasteiger partial charge is 0.491 e. The summed E-state index contributed by atoms with van der Waals surface area (Å²) in [5.41, 5.74) is 0.822. The molecule has 1 aromatic heterocycles. The Labute approximate surface area is 143 Å². The molecule has 6 nitrogen and oxygen atoms in total. The number of hydrogen-bond donors (Lipinski definition) is 1. The second-order valence-electron chi connectivity index (χ2n) is 5.23. The number of hydrogen-bond acceptors (Lipinski definition) is 7. The topological polar surface area (TPSA) is 69.4 Å². The molecule has 4 rings (SSSR count). The molecule has 1 aliphatic heterocycles. The van der Waals surface area contributed by atoms with Crippen LogP contribution in [-0.2, 0) is 0 Å². The lowest BCUT2D eigenvalue weighted by Gasteiger charge is -2.10. The van der Waals surface area contributed by atoms with Gasteiger partial charge in [-0.25, -0.2) is 0 Å². The highest BCUT2D eigenvalue weighted by Crippen LogP contribution is 2.35. The standard InChI is InChI=1S/C17H15N3O3S/c1-11-19-17(23-20-11)12-3-2-4-13(9-12)22-14-5-6-15-16(10-14)24-18-7-8-21-15/h2-6,9-10,18H,7-8H2,1H3. The van der Waals surface area contributed by atoms with E-state index in [1.54, 1.807) is 18.9 Å². The van der Waals surface area contributed by atoms with Crippen LogP contribution in [0.1, 0.15) is 5.82 Å². The summed E-state index contributed by atoms with van der Waals surface area (Å²) in [6, 6.07) is 13.4. The first-order chi connectivity index (χ1) is 11.8. The lowest BCUT2D eigenvalue weighted by Crippen LogP contribution is -2.10. The summed E-state index contributed by atoms with van der Waals surface area (Å²) in [6.45, 7) is 3.25. The molecule has 2 aromatic carbocycles. The molecule has 122 valence electrons. The maximum absolute atomic E-state index is 5.97. The summed E-state index contributed by atoms with van der Waals surface area (Å²) >= 11 is 1.55. The SMILES string of the molecule is Cc1noc(-c2cccc(Oc3ccc4c(c3)SNCCO4)c2)n1. The number of nitrogens with zero attached hydrogens (tertiary/aromatic N) is 2. The van der Waals surface area contributed by atoms with E-state index in [0.29, 0.717) is 24.1 Å². The van der Waals surface area contributed by atoms with Crippen molar-refractivity contribution >= 4 is 11.9 Å². The van der Waals surface area contributed by atoms with Gasteiger partial charge in [-0.3, -0.25) is 4.72 Å². The zero-order chi connectivity index (χ0) is 16.4. The van der Waals surface area contributed by atoms with E-state index in [0.717, 1.165) is 28.5 Å². The highest BCUT2D eigenvalue weighted by atomic mass is 32.2. The van der Waals surface area contributed by atoms with Crippen LogP contribution in [0, 0.1) is 6.92 Å². The highest BCUT2D eigenvalue weighted by Gasteiger charge is 2.12. The summed E-state index contributed by atoms with van der Waals surface area (Å²) in [4.78, 5) is 5.24. The van der Waals surface area contributed by atoms with Crippen LogP contribution >= 0.6 is 11.9 Å². The summed E-state index contributed by atoms with van der Waals surface area (Å²) in [6.07, 6.45) is 0. The van der Waals surface area contributed by atoms with Crippen LogP contribution in [0.4, 0.5) is 0 Å². The Morgan fingerprint density at radius 3 is 2.96 bits per heavy atom. The Bertz CT molecular complexity index is 866. The van der Waals surface area contributed by atoms with Crippen molar-refractivity contribution in [1.82, 2.24) is 14.9 Å². The molecular formula is C17H15N3O3S. The molecule has 0 spiro atoms. The van der Waals surface area contributed by atoms with Crippen molar-refractivity contribution in [3.63, 3.8) is 0 Å². The van der Waals surface area contributed by atoms with Gasteiger partial charge in [-0.15, -0.1) is 0 Å². The molecule has 2 heterocycles. The van der Waals surface area contributed by atoms with Gasteiger partial charge < -0.3 is 14.0 Å². The molecule has 0 radical (unpaired) electrons. The fourth-order valence-electron chi connectivity index (χ4n) is 2.33. The van der Waals surface area contributed by atoms with Crippen LogP contribution in [0.25, 0.3) is 11.5 Å². The lowest BCUT2D eigenvalue weighted by atomic mass is 10.2. The second kappa shape index (κ2) is 6.54. The normalized spacial score (nSPS) is 13.7. The zero-order valence-electron chi connectivity index (χ0n) is 13.0. The molecule has 0 saturated heterocycles. The molecule has 3 aromatic rings. The Morgan fingerprint density at radius 2 is 2.08 bits per heavy atom. The minimum atomic E-state index is 0.480. The lowest BCUT2D eigenvalue weighted by molar-refractivity contribution is 0.320. The van der Waals surface area contributed by atoms with Gasteiger partial charge in [0.15, 0.2) is 5.82 Å². The van der Waals surface area contributed by atoms with E-state index >= 15 is 0 Å². The van der Waals surface area contributed by atoms with Crippen LogP contribution in [0.15, 0.2) is 51.9 Å². The minimum absolute atomic E-state index is 0.480. The van der Waals surface area contributed by atoms with E-state index in [1.165, 1.54) is 0 Å². The van der Waals surface area contributed by atoms with Gasteiger partial charge in [0.25, 0.3) is 5.89 Å².